The molecule has 0 aliphatic carbocycles. The highest BCUT2D eigenvalue weighted by molar-refractivity contribution is 5.97. The summed E-state index contributed by atoms with van der Waals surface area (Å²) in [6, 6.07) is 6.59. The van der Waals surface area contributed by atoms with Crippen LogP contribution in [-0.2, 0) is 14.3 Å². The second kappa shape index (κ2) is 9.94. The first-order chi connectivity index (χ1) is 11.3. The number of nitrogens with one attached hydrogen (secondary N) is 1. The Morgan fingerprint density at radius 2 is 2.04 bits per heavy atom. The van der Waals surface area contributed by atoms with E-state index in [0.717, 1.165) is 32.8 Å². The third-order valence-electron chi connectivity index (χ3n) is 3.49. The molecule has 0 bridgehead atoms. The fourth-order valence-corrected chi connectivity index (χ4v) is 2.26. The molecule has 126 valence electrons. The summed E-state index contributed by atoms with van der Waals surface area (Å²) in [5, 5.41) is 2.74. The number of carbonyl (C=O) groups is 2. The summed E-state index contributed by atoms with van der Waals surface area (Å²) in [6.07, 6.45) is 0. The molecule has 1 saturated heterocycles. The Kier molecular flexibility index (Phi) is 7.51. The minimum atomic E-state index is -0.292. The minimum Gasteiger partial charge on any atom is -0.428 e. The van der Waals surface area contributed by atoms with Crippen LogP contribution in [0.2, 0.25) is 0 Å². The van der Waals surface area contributed by atoms with Crippen LogP contribution in [0.15, 0.2) is 24.3 Å². The summed E-state index contributed by atoms with van der Waals surface area (Å²) in [5.74, 6) is -0.0486. The molecule has 1 amide bonds. The molecule has 1 aromatic carbocycles. The van der Waals surface area contributed by atoms with Crippen LogP contribution in [0.1, 0.15) is 10.4 Å². The quantitative estimate of drug-likeness (QED) is 0.520. The van der Waals surface area contributed by atoms with Crippen LogP contribution in [-0.4, -0.2) is 69.9 Å². The van der Waals surface area contributed by atoms with E-state index in [1.807, 2.05) is 0 Å². The number of morpholine rings is 1. The molecule has 7 nitrogen and oxygen atoms in total. The van der Waals surface area contributed by atoms with Crippen molar-refractivity contribution in [1.29, 1.82) is 0 Å². The van der Waals surface area contributed by atoms with Gasteiger partial charge >= 0.3 is 0 Å². The molecule has 1 aromatic rings. The number of rotatable bonds is 9. The van der Waals surface area contributed by atoms with Crippen molar-refractivity contribution in [2.45, 2.75) is 0 Å². The van der Waals surface area contributed by atoms with Gasteiger partial charge in [0.25, 0.3) is 12.4 Å². The SMILES string of the molecule is O=COc1ccccc1C(=O)NCCOCCN1CCOCC1. The molecule has 0 aromatic heterocycles. The van der Waals surface area contributed by atoms with E-state index in [9.17, 15) is 9.59 Å². The summed E-state index contributed by atoms with van der Waals surface area (Å²) in [7, 11) is 0. The van der Waals surface area contributed by atoms with E-state index in [1.165, 1.54) is 0 Å². The van der Waals surface area contributed by atoms with Crippen molar-refractivity contribution >= 4 is 12.4 Å². The van der Waals surface area contributed by atoms with Gasteiger partial charge in [-0.2, -0.15) is 0 Å². The molecule has 1 fully saturated rings. The van der Waals surface area contributed by atoms with Crippen LogP contribution < -0.4 is 10.1 Å². The summed E-state index contributed by atoms with van der Waals surface area (Å²) < 4.78 is 15.6. The van der Waals surface area contributed by atoms with Crippen LogP contribution in [0, 0.1) is 0 Å². The molecule has 0 atom stereocenters. The number of para-hydroxylation sites is 1. The maximum Gasteiger partial charge on any atom is 0.298 e. The zero-order valence-corrected chi connectivity index (χ0v) is 13.0. The van der Waals surface area contributed by atoms with Gasteiger partial charge in [0.15, 0.2) is 0 Å². The number of hydrogen-bond acceptors (Lipinski definition) is 6. The van der Waals surface area contributed by atoms with Gasteiger partial charge in [0, 0.05) is 26.2 Å². The number of carbonyl (C=O) groups excluding carboxylic acids is 2. The third-order valence-corrected chi connectivity index (χ3v) is 3.49. The first-order valence-corrected chi connectivity index (χ1v) is 7.66. The Morgan fingerprint density at radius 1 is 1.26 bits per heavy atom. The minimum absolute atomic E-state index is 0.244. The molecule has 1 aliphatic rings. The van der Waals surface area contributed by atoms with Crippen LogP contribution in [0.3, 0.4) is 0 Å². The predicted octanol–water partition coefficient (Wildman–Crippen LogP) is 0.300. The van der Waals surface area contributed by atoms with Crippen molar-refractivity contribution in [3.05, 3.63) is 29.8 Å². The zero-order valence-electron chi connectivity index (χ0n) is 13.0. The lowest BCUT2D eigenvalue weighted by molar-refractivity contribution is -0.120. The van der Waals surface area contributed by atoms with E-state index in [-0.39, 0.29) is 11.7 Å². The molecular weight excluding hydrogens is 300 g/mol. The third kappa shape index (κ3) is 5.97. The molecule has 0 radical (unpaired) electrons. The topological polar surface area (TPSA) is 77.1 Å². The Bertz CT molecular complexity index is 503. The lowest BCUT2D eigenvalue weighted by Crippen LogP contribution is -2.38. The van der Waals surface area contributed by atoms with Crippen molar-refractivity contribution in [1.82, 2.24) is 10.2 Å². The normalized spacial score (nSPS) is 15.1. The van der Waals surface area contributed by atoms with Gasteiger partial charge in [-0.25, -0.2) is 0 Å². The van der Waals surface area contributed by atoms with E-state index in [2.05, 4.69) is 10.2 Å². The first kappa shape index (κ1) is 17.4. The standard InChI is InChI=1S/C16H22N2O5/c19-13-23-15-4-2-1-3-14(15)16(20)17-5-9-21-10-6-18-7-11-22-12-8-18/h1-4,13H,5-12H2,(H,17,20). The molecule has 0 spiro atoms. The smallest absolute Gasteiger partial charge is 0.298 e. The van der Waals surface area contributed by atoms with Crippen LogP contribution in [0.25, 0.3) is 0 Å². The van der Waals surface area contributed by atoms with E-state index in [1.54, 1.807) is 24.3 Å². The van der Waals surface area contributed by atoms with E-state index >= 15 is 0 Å². The summed E-state index contributed by atoms with van der Waals surface area (Å²) in [6.45, 7) is 6.07. The number of ether oxygens (including phenoxy) is 3. The average molecular weight is 322 g/mol. The van der Waals surface area contributed by atoms with Crippen LogP contribution >= 0.6 is 0 Å². The Hall–Kier alpha value is -1.96. The first-order valence-electron chi connectivity index (χ1n) is 7.66. The predicted molar refractivity (Wildman–Crippen MR) is 83.5 cm³/mol. The van der Waals surface area contributed by atoms with Crippen molar-refractivity contribution in [2.24, 2.45) is 0 Å². The van der Waals surface area contributed by atoms with Gasteiger partial charge in [-0.15, -0.1) is 0 Å². The molecule has 1 aliphatic heterocycles. The largest absolute Gasteiger partial charge is 0.428 e. The maximum atomic E-state index is 12.0. The Morgan fingerprint density at radius 3 is 2.83 bits per heavy atom. The fraction of sp³-hybridized carbons (Fsp3) is 0.500. The Balaban J connectivity index is 1.62. The van der Waals surface area contributed by atoms with Gasteiger partial charge in [-0.3, -0.25) is 14.5 Å². The van der Waals surface area contributed by atoms with E-state index in [0.29, 0.717) is 31.8 Å². The highest BCUT2D eigenvalue weighted by Crippen LogP contribution is 2.16. The Labute approximate surface area is 135 Å². The summed E-state index contributed by atoms with van der Waals surface area (Å²) >= 11 is 0. The lowest BCUT2D eigenvalue weighted by atomic mass is 10.2. The zero-order chi connectivity index (χ0) is 16.3. The number of nitrogens with zero attached hydrogens (tertiary/aromatic N) is 1. The van der Waals surface area contributed by atoms with E-state index < -0.39 is 0 Å². The number of amides is 1. The van der Waals surface area contributed by atoms with Gasteiger partial charge in [0.2, 0.25) is 0 Å². The molecule has 23 heavy (non-hydrogen) atoms. The highest BCUT2D eigenvalue weighted by atomic mass is 16.5. The molecule has 0 unspecified atom stereocenters. The van der Waals surface area contributed by atoms with Crippen LogP contribution in [0.4, 0.5) is 0 Å². The van der Waals surface area contributed by atoms with Crippen molar-refractivity contribution in [3.8, 4) is 5.75 Å². The monoisotopic (exact) mass is 322 g/mol. The lowest BCUT2D eigenvalue weighted by Gasteiger charge is -2.26. The van der Waals surface area contributed by atoms with Crippen molar-refractivity contribution in [3.63, 3.8) is 0 Å². The van der Waals surface area contributed by atoms with Gasteiger partial charge in [0.05, 0.1) is 32.0 Å². The van der Waals surface area contributed by atoms with Crippen LogP contribution in [0.5, 0.6) is 5.75 Å². The van der Waals surface area contributed by atoms with Gasteiger partial charge < -0.3 is 19.5 Å². The molecule has 1 heterocycles. The number of hydrogen-bond donors (Lipinski definition) is 1. The fourth-order valence-electron chi connectivity index (χ4n) is 2.26. The van der Waals surface area contributed by atoms with Gasteiger partial charge in [-0.05, 0) is 12.1 Å². The van der Waals surface area contributed by atoms with Gasteiger partial charge in [-0.1, -0.05) is 12.1 Å². The molecular formula is C16H22N2O5. The van der Waals surface area contributed by atoms with Crippen molar-refractivity contribution < 1.29 is 23.8 Å². The molecule has 1 N–H and O–H groups in total. The summed E-state index contributed by atoms with van der Waals surface area (Å²) in [4.78, 5) is 24.7. The molecule has 7 heteroatoms. The summed E-state index contributed by atoms with van der Waals surface area (Å²) in [5.41, 5.74) is 0.327. The maximum absolute atomic E-state index is 12.0. The second-order valence-electron chi connectivity index (χ2n) is 5.03. The van der Waals surface area contributed by atoms with Crippen molar-refractivity contribution in [2.75, 3.05) is 52.6 Å². The van der Waals surface area contributed by atoms with E-state index in [4.69, 9.17) is 14.2 Å². The number of benzene rings is 1. The molecule has 0 saturated carbocycles. The molecule has 2 rings (SSSR count). The second-order valence-corrected chi connectivity index (χ2v) is 5.03. The average Bonchev–Trinajstić information content (AvgIpc) is 2.59. The highest BCUT2D eigenvalue weighted by Gasteiger charge is 2.12. The van der Waals surface area contributed by atoms with Gasteiger partial charge in [0.1, 0.15) is 5.75 Å².